The predicted octanol–water partition coefficient (Wildman–Crippen LogP) is 15.8. The topological polar surface area (TPSA) is 3.24 Å². The zero-order valence-corrected chi connectivity index (χ0v) is 32.8. The van der Waals surface area contributed by atoms with Gasteiger partial charge in [-0.3, -0.25) is 0 Å². The summed E-state index contributed by atoms with van der Waals surface area (Å²) in [5, 5.41) is 10.1. The third kappa shape index (κ3) is 4.47. The molecule has 1 spiro atoms. The van der Waals surface area contributed by atoms with Crippen LogP contribution >= 0.6 is 0 Å². The van der Waals surface area contributed by atoms with Crippen molar-refractivity contribution in [1.29, 1.82) is 0 Å². The van der Waals surface area contributed by atoms with Crippen LogP contribution in [0, 0.1) is 0 Å². The Bertz CT molecular complexity index is 3490. The Morgan fingerprint density at radius 2 is 0.750 bits per heavy atom. The van der Waals surface area contributed by atoms with Gasteiger partial charge >= 0.3 is 0 Å². The maximum absolute atomic E-state index is 2.53. The Balaban J connectivity index is 1.13. The smallest absolute Gasteiger partial charge is 0.0726 e. The summed E-state index contributed by atoms with van der Waals surface area (Å²) in [5.74, 6) is 0. The van der Waals surface area contributed by atoms with Gasteiger partial charge in [0.1, 0.15) is 0 Å². The maximum Gasteiger partial charge on any atom is 0.0726 e. The fraction of sp³-hybridized carbons (Fsp3) is 0.0169. The lowest BCUT2D eigenvalue weighted by Crippen LogP contribution is -2.26. The molecule has 0 heterocycles. The average Bonchev–Trinajstić information content (AvgIpc) is 3.80. The van der Waals surface area contributed by atoms with Gasteiger partial charge in [0.25, 0.3) is 0 Å². The van der Waals surface area contributed by atoms with Crippen molar-refractivity contribution in [3.8, 4) is 33.4 Å². The van der Waals surface area contributed by atoms with E-state index in [1.165, 1.54) is 104 Å². The Labute approximate surface area is 349 Å². The van der Waals surface area contributed by atoms with Crippen LogP contribution < -0.4 is 4.90 Å². The van der Waals surface area contributed by atoms with Crippen LogP contribution in [0.25, 0.3) is 76.5 Å². The van der Waals surface area contributed by atoms with E-state index in [-0.39, 0.29) is 0 Å². The minimum atomic E-state index is -0.440. The van der Waals surface area contributed by atoms with Crippen molar-refractivity contribution in [1.82, 2.24) is 0 Å². The van der Waals surface area contributed by atoms with Crippen LogP contribution in [0.5, 0.6) is 0 Å². The Hall–Kier alpha value is -7.74. The molecule has 60 heavy (non-hydrogen) atoms. The van der Waals surface area contributed by atoms with E-state index in [2.05, 4.69) is 229 Å². The molecule has 1 nitrogen and oxygen atoms in total. The number of rotatable bonds is 4. The third-order valence-corrected chi connectivity index (χ3v) is 13.4. The minimum Gasteiger partial charge on any atom is -0.310 e. The van der Waals surface area contributed by atoms with Gasteiger partial charge in [0.05, 0.1) is 11.1 Å². The van der Waals surface area contributed by atoms with Crippen LogP contribution in [0.1, 0.15) is 22.3 Å². The molecule has 2 aliphatic rings. The number of anilines is 3. The number of benzene rings is 11. The molecule has 1 heteroatoms. The fourth-order valence-electron chi connectivity index (χ4n) is 11.1. The molecular weight excluding hydrogens is 723 g/mol. The van der Waals surface area contributed by atoms with Crippen LogP contribution in [-0.2, 0) is 5.41 Å². The van der Waals surface area contributed by atoms with Crippen LogP contribution in [0.15, 0.2) is 224 Å². The molecular formula is C59H37N. The monoisotopic (exact) mass is 759 g/mol. The van der Waals surface area contributed by atoms with E-state index in [4.69, 9.17) is 0 Å². The number of hydrogen-bond donors (Lipinski definition) is 0. The van der Waals surface area contributed by atoms with Crippen LogP contribution in [0.3, 0.4) is 0 Å². The van der Waals surface area contributed by atoms with E-state index in [1.54, 1.807) is 0 Å². The molecule has 0 aromatic heterocycles. The molecule has 11 aromatic carbocycles. The van der Waals surface area contributed by atoms with Gasteiger partial charge in [-0.2, -0.15) is 0 Å². The number of fused-ring (bicyclic) bond motifs is 17. The first-order chi connectivity index (χ1) is 29.8. The summed E-state index contributed by atoms with van der Waals surface area (Å²) >= 11 is 0. The highest BCUT2D eigenvalue weighted by molar-refractivity contribution is 6.26. The summed E-state index contributed by atoms with van der Waals surface area (Å²) < 4.78 is 0. The highest BCUT2D eigenvalue weighted by atomic mass is 15.1. The van der Waals surface area contributed by atoms with E-state index in [1.807, 2.05) is 0 Å². The molecule has 0 amide bonds. The molecule has 0 aliphatic heterocycles. The summed E-state index contributed by atoms with van der Waals surface area (Å²) in [6.45, 7) is 0. The van der Waals surface area contributed by atoms with Gasteiger partial charge in [0.2, 0.25) is 0 Å². The second-order valence-electron chi connectivity index (χ2n) is 16.3. The zero-order valence-electron chi connectivity index (χ0n) is 32.8. The first kappa shape index (κ1) is 33.3. The summed E-state index contributed by atoms with van der Waals surface area (Å²) in [6, 6.07) is 83.7. The summed E-state index contributed by atoms with van der Waals surface area (Å²) in [4.78, 5) is 2.53. The SMILES string of the molecule is c1cc(-c2cccc3ccccc23)cc(N(c2ccc3c4ccccc4c4ccccc4c3c2)c2cccc3c2-c2ccccc2C32c3ccccc3-c3ccccc32)c1. The highest BCUT2D eigenvalue weighted by Gasteiger charge is 2.52. The third-order valence-electron chi connectivity index (χ3n) is 13.4. The lowest BCUT2D eigenvalue weighted by atomic mass is 9.70. The van der Waals surface area contributed by atoms with Crippen LogP contribution in [0.4, 0.5) is 17.1 Å². The van der Waals surface area contributed by atoms with Crippen molar-refractivity contribution < 1.29 is 0 Å². The second-order valence-corrected chi connectivity index (χ2v) is 16.3. The quantitative estimate of drug-likeness (QED) is 0.162. The molecule has 0 saturated carbocycles. The minimum absolute atomic E-state index is 0.440. The van der Waals surface area contributed by atoms with E-state index < -0.39 is 5.41 Å². The number of nitrogens with zero attached hydrogens (tertiary/aromatic N) is 1. The van der Waals surface area contributed by atoms with Crippen molar-refractivity contribution in [2.45, 2.75) is 5.41 Å². The van der Waals surface area contributed by atoms with Crippen molar-refractivity contribution in [2.24, 2.45) is 0 Å². The molecule has 278 valence electrons. The first-order valence-electron chi connectivity index (χ1n) is 20.9. The Kier molecular flexibility index (Phi) is 7.00. The van der Waals surface area contributed by atoms with E-state index in [0.29, 0.717) is 0 Å². The van der Waals surface area contributed by atoms with Gasteiger partial charge in [0, 0.05) is 16.9 Å². The average molecular weight is 760 g/mol. The van der Waals surface area contributed by atoms with Crippen molar-refractivity contribution in [3.05, 3.63) is 247 Å². The molecule has 2 aliphatic carbocycles. The van der Waals surface area contributed by atoms with Crippen molar-refractivity contribution >= 4 is 60.2 Å². The first-order valence-corrected chi connectivity index (χ1v) is 20.9. The molecule has 0 saturated heterocycles. The largest absolute Gasteiger partial charge is 0.310 e. The zero-order chi connectivity index (χ0) is 39.4. The lowest BCUT2D eigenvalue weighted by molar-refractivity contribution is 0.794. The molecule has 11 aromatic rings. The standard InChI is InChI=1S/C59H37N/c1-2-20-42-38(16-1)17-14-28-43(42)39-18-13-19-40(36-39)60(41-34-35-48-46-23-4-3-21-44(46)45-22-5-6-24-47(45)52(48)37-41)57-33-15-32-56-58(57)51-27-9-12-31-55(51)59(56)53-29-10-7-25-49(53)50-26-8-11-30-54(50)59/h1-37H. The molecule has 0 fully saturated rings. The van der Waals surface area contributed by atoms with Crippen LogP contribution in [-0.4, -0.2) is 0 Å². The van der Waals surface area contributed by atoms with Crippen molar-refractivity contribution in [3.63, 3.8) is 0 Å². The summed E-state index contributed by atoms with van der Waals surface area (Å²) in [5.41, 5.74) is 15.9. The molecule has 0 radical (unpaired) electrons. The van der Waals surface area contributed by atoms with Gasteiger partial charge in [-0.1, -0.05) is 194 Å². The summed E-state index contributed by atoms with van der Waals surface area (Å²) in [7, 11) is 0. The van der Waals surface area contributed by atoms with Gasteiger partial charge < -0.3 is 4.90 Å². The van der Waals surface area contributed by atoms with E-state index in [0.717, 1.165) is 11.4 Å². The normalized spacial score (nSPS) is 13.1. The fourth-order valence-corrected chi connectivity index (χ4v) is 11.1. The highest BCUT2D eigenvalue weighted by Crippen LogP contribution is 2.64. The van der Waals surface area contributed by atoms with Gasteiger partial charge in [-0.05, 0) is 123 Å². The summed E-state index contributed by atoms with van der Waals surface area (Å²) in [6.07, 6.45) is 0. The molecule has 0 unspecified atom stereocenters. The molecule has 0 N–H and O–H groups in total. The number of hydrogen-bond acceptors (Lipinski definition) is 1. The Morgan fingerprint density at radius 3 is 1.45 bits per heavy atom. The van der Waals surface area contributed by atoms with Crippen molar-refractivity contribution in [2.75, 3.05) is 4.90 Å². The van der Waals surface area contributed by atoms with Gasteiger partial charge in [-0.25, -0.2) is 0 Å². The molecule has 13 rings (SSSR count). The van der Waals surface area contributed by atoms with Gasteiger partial charge in [0.15, 0.2) is 0 Å². The van der Waals surface area contributed by atoms with E-state index in [9.17, 15) is 0 Å². The Morgan fingerprint density at radius 1 is 0.283 bits per heavy atom. The van der Waals surface area contributed by atoms with E-state index >= 15 is 0 Å². The second kappa shape index (κ2) is 12.6. The lowest BCUT2D eigenvalue weighted by Gasteiger charge is -2.32. The molecule has 0 atom stereocenters. The molecule has 0 bridgehead atoms. The maximum atomic E-state index is 2.53. The predicted molar refractivity (Wildman–Crippen MR) is 253 cm³/mol. The van der Waals surface area contributed by atoms with Gasteiger partial charge in [-0.15, -0.1) is 0 Å². The van der Waals surface area contributed by atoms with Crippen LogP contribution in [0.2, 0.25) is 0 Å².